The topological polar surface area (TPSA) is 35.0 Å². The van der Waals surface area contributed by atoms with Gasteiger partial charge in [-0.05, 0) is 12.1 Å². The lowest BCUT2D eigenvalue weighted by atomic mass is 10.3. The van der Waals surface area contributed by atoms with Crippen LogP contribution < -0.4 is 4.74 Å². The van der Waals surface area contributed by atoms with Crippen LogP contribution in [0.25, 0.3) is 0 Å². The van der Waals surface area contributed by atoms with E-state index in [0.717, 1.165) is 23.9 Å². The molecule has 7 heteroatoms. The molecule has 2 aromatic rings. The molecule has 0 saturated heterocycles. The minimum atomic E-state index is -0.994. The number of ether oxygens (including phenoxy) is 1. The van der Waals surface area contributed by atoms with Crippen LogP contribution in [-0.2, 0) is 0 Å². The predicted octanol–water partition coefficient (Wildman–Crippen LogP) is 3.26. The third-order valence-electron chi connectivity index (χ3n) is 1.53. The van der Waals surface area contributed by atoms with E-state index < -0.39 is 11.6 Å². The summed E-state index contributed by atoms with van der Waals surface area (Å²) in [6.45, 7) is 0. The quantitative estimate of drug-likeness (QED) is 0.818. The molecule has 0 N–H and O–H groups in total. The van der Waals surface area contributed by atoms with Crippen molar-refractivity contribution in [2.24, 2.45) is 0 Å². The van der Waals surface area contributed by atoms with Crippen molar-refractivity contribution < 1.29 is 13.5 Å². The van der Waals surface area contributed by atoms with Gasteiger partial charge < -0.3 is 4.74 Å². The number of nitrogens with zero attached hydrogens (tertiary/aromatic N) is 2. The second-order valence-corrected chi connectivity index (χ2v) is 3.42. The highest BCUT2D eigenvalue weighted by atomic mass is 35.5. The molecule has 1 aromatic carbocycles. The van der Waals surface area contributed by atoms with Crippen LogP contribution in [0.3, 0.4) is 0 Å². The smallest absolute Gasteiger partial charge is 0.270 e. The van der Waals surface area contributed by atoms with E-state index in [2.05, 4.69) is 8.75 Å². The first-order chi connectivity index (χ1) is 7.16. The van der Waals surface area contributed by atoms with E-state index in [0.29, 0.717) is 0 Å². The average Bonchev–Trinajstić information content (AvgIpc) is 2.59. The van der Waals surface area contributed by atoms with E-state index in [4.69, 9.17) is 16.3 Å². The lowest BCUT2D eigenvalue weighted by Crippen LogP contribution is -1.88. The van der Waals surface area contributed by atoms with E-state index in [-0.39, 0.29) is 16.8 Å². The van der Waals surface area contributed by atoms with Gasteiger partial charge in [0, 0.05) is 6.07 Å². The molecular weight excluding hydrogens is 246 g/mol. The second kappa shape index (κ2) is 4.08. The molecule has 1 heterocycles. The van der Waals surface area contributed by atoms with Crippen LogP contribution in [-0.4, -0.2) is 8.75 Å². The summed E-state index contributed by atoms with van der Waals surface area (Å²) in [5.41, 5.74) is 0. The standard InChI is InChI=1S/C8H3ClF2N2OS/c9-7-8(13-15-12-7)14-4-1-2-5(10)6(11)3-4/h1-3H. The first kappa shape index (κ1) is 10.3. The van der Waals surface area contributed by atoms with Crippen LogP contribution in [0, 0.1) is 11.6 Å². The Bertz CT molecular complexity index is 491. The molecule has 1 aromatic heterocycles. The molecule has 78 valence electrons. The highest BCUT2D eigenvalue weighted by Gasteiger charge is 2.09. The van der Waals surface area contributed by atoms with E-state index >= 15 is 0 Å². The van der Waals surface area contributed by atoms with Gasteiger partial charge in [-0.1, -0.05) is 11.6 Å². The Morgan fingerprint density at radius 1 is 1.20 bits per heavy atom. The van der Waals surface area contributed by atoms with Crippen LogP contribution in [0.5, 0.6) is 11.6 Å². The number of hydrogen-bond donors (Lipinski definition) is 0. The SMILES string of the molecule is Fc1ccc(Oc2nsnc2Cl)cc1F. The van der Waals surface area contributed by atoms with Crippen LogP contribution in [0.1, 0.15) is 0 Å². The first-order valence-electron chi connectivity index (χ1n) is 3.78. The van der Waals surface area contributed by atoms with Crippen molar-refractivity contribution in [2.45, 2.75) is 0 Å². The molecular formula is C8H3ClF2N2OS. The van der Waals surface area contributed by atoms with Gasteiger partial charge in [0.25, 0.3) is 5.88 Å². The highest BCUT2D eigenvalue weighted by molar-refractivity contribution is 6.99. The summed E-state index contributed by atoms with van der Waals surface area (Å²) in [6.07, 6.45) is 0. The molecule has 0 aliphatic rings. The molecule has 3 nitrogen and oxygen atoms in total. The Morgan fingerprint density at radius 3 is 2.60 bits per heavy atom. The molecule has 0 amide bonds. The maximum Gasteiger partial charge on any atom is 0.270 e. The minimum absolute atomic E-state index is 0.0766. The normalized spacial score (nSPS) is 10.3. The van der Waals surface area contributed by atoms with Crippen molar-refractivity contribution in [2.75, 3.05) is 0 Å². The zero-order chi connectivity index (χ0) is 10.8. The molecule has 0 radical (unpaired) electrons. The zero-order valence-electron chi connectivity index (χ0n) is 7.08. The highest BCUT2D eigenvalue weighted by Crippen LogP contribution is 2.27. The molecule has 0 aliphatic carbocycles. The number of halogens is 3. The monoisotopic (exact) mass is 248 g/mol. The molecule has 0 bridgehead atoms. The molecule has 2 rings (SSSR count). The van der Waals surface area contributed by atoms with Crippen molar-refractivity contribution >= 4 is 23.3 Å². The average molecular weight is 249 g/mol. The van der Waals surface area contributed by atoms with Gasteiger partial charge in [0.2, 0.25) is 5.15 Å². The van der Waals surface area contributed by atoms with Crippen molar-refractivity contribution in [3.63, 3.8) is 0 Å². The molecule has 0 atom stereocenters. The summed E-state index contributed by atoms with van der Waals surface area (Å²) in [4.78, 5) is 0. The van der Waals surface area contributed by atoms with Gasteiger partial charge in [0.1, 0.15) is 5.75 Å². The Kier molecular flexibility index (Phi) is 2.79. The number of aromatic nitrogens is 2. The van der Waals surface area contributed by atoms with Crippen molar-refractivity contribution in [1.29, 1.82) is 0 Å². The largest absolute Gasteiger partial charge is 0.436 e. The number of benzene rings is 1. The summed E-state index contributed by atoms with van der Waals surface area (Å²) < 4.78 is 37.8. The zero-order valence-corrected chi connectivity index (χ0v) is 8.65. The molecule has 0 fully saturated rings. The fourth-order valence-electron chi connectivity index (χ4n) is 0.883. The lowest BCUT2D eigenvalue weighted by Gasteiger charge is -2.01. The summed E-state index contributed by atoms with van der Waals surface area (Å²) in [7, 11) is 0. The van der Waals surface area contributed by atoms with Crippen LogP contribution in [0.15, 0.2) is 18.2 Å². The van der Waals surface area contributed by atoms with Crippen molar-refractivity contribution in [3.8, 4) is 11.6 Å². The van der Waals surface area contributed by atoms with Gasteiger partial charge in [0.15, 0.2) is 11.6 Å². The van der Waals surface area contributed by atoms with Crippen LogP contribution >= 0.6 is 23.3 Å². The van der Waals surface area contributed by atoms with Gasteiger partial charge in [-0.2, -0.15) is 4.37 Å². The fraction of sp³-hybridized carbons (Fsp3) is 0. The van der Waals surface area contributed by atoms with Crippen molar-refractivity contribution in [3.05, 3.63) is 35.0 Å². The summed E-state index contributed by atoms with van der Waals surface area (Å²) in [5.74, 6) is -1.74. The number of rotatable bonds is 2. The van der Waals surface area contributed by atoms with Gasteiger partial charge in [-0.3, -0.25) is 0 Å². The number of hydrogen-bond acceptors (Lipinski definition) is 4. The third kappa shape index (κ3) is 2.21. The predicted molar refractivity (Wildman–Crippen MR) is 51.4 cm³/mol. The summed E-state index contributed by atoms with van der Waals surface area (Å²) >= 11 is 6.47. The molecule has 0 saturated carbocycles. The first-order valence-corrected chi connectivity index (χ1v) is 4.88. The fourth-order valence-corrected chi connectivity index (χ4v) is 1.49. The molecule has 0 unspecified atom stereocenters. The molecule has 0 aliphatic heterocycles. The van der Waals surface area contributed by atoms with E-state index in [9.17, 15) is 8.78 Å². The Labute approximate surface area is 92.6 Å². The van der Waals surface area contributed by atoms with E-state index in [1.165, 1.54) is 6.07 Å². The summed E-state index contributed by atoms with van der Waals surface area (Å²) in [5, 5.41) is 0.0877. The van der Waals surface area contributed by atoms with Crippen LogP contribution in [0.4, 0.5) is 8.78 Å². The van der Waals surface area contributed by atoms with E-state index in [1.54, 1.807) is 0 Å². The molecule has 15 heavy (non-hydrogen) atoms. The van der Waals surface area contributed by atoms with Gasteiger partial charge in [-0.25, -0.2) is 8.78 Å². The van der Waals surface area contributed by atoms with Crippen molar-refractivity contribution in [1.82, 2.24) is 8.75 Å². The minimum Gasteiger partial charge on any atom is -0.436 e. The maximum atomic E-state index is 12.8. The second-order valence-electron chi connectivity index (χ2n) is 2.54. The summed E-state index contributed by atoms with van der Waals surface area (Å²) in [6, 6.07) is 3.14. The van der Waals surface area contributed by atoms with Gasteiger partial charge in [0.05, 0.1) is 11.7 Å². The lowest BCUT2D eigenvalue weighted by molar-refractivity contribution is 0.451. The maximum absolute atomic E-state index is 12.8. The van der Waals surface area contributed by atoms with E-state index in [1.807, 2.05) is 0 Å². The molecule has 0 spiro atoms. The Morgan fingerprint density at radius 2 is 2.00 bits per heavy atom. The van der Waals surface area contributed by atoms with Gasteiger partial charge in [-0.15, -0.1) is 4.37 Å². The third-order valence-corrected chi connectivity index (χ3v) is 2.38. The van der Waals surface area contributed by atoms with Crippen LogP contribution in [0.2, 0.25) is 5.15 Å². The van der Waals surface area contributed by atoms with Gasteiger partial charge >= 0.3 is 0 Å². The Hall–Kier alpha value is -1.27. The Balaban J connectivity index is 2.25.